The third-order valence-corrected chi connectivity index (χ3v) is 1.03. The Labute approximate surface area is 83.9 Å². The second-order valence-electron chi connectivity index (χ2n) is 1.99. The minimum absolute atomic E-state index is 0.0628. The summed E-state index contributed by atoms with van der Waals surface area (Å²) in [4.78, 5) is 19.8. The Balaban J connectivity index is -0.000000266. The molecule has 6 heteroatoms. The molecular formula is C8H20N2O4. The Morgan fingerprint density at radius 3 is 1.21 bits per heavy atom. The SMILES string of the molecule is CN.CN.O=C(O)CCCCC(=O)O. The molecule has 0 aliphatic carbocycles. The van der Waals surface area contributed by atoms with E-state index in [1.54, 1.807) is 0 Å². The van der Waals surface area contributed by atoms with Gasteiger partial charge in [-0.25, -0.2) is 0 Å². The van der Waals surface area contributed by atoms with Crippen LogP contribution in [-0.4, -0.2) is 36.2 Å². The largest absolute Gasteiger partial charge is 0.481 e. The minimum atomic E-state index is -0.870. The average Bonchev–Trinajstić information content (AvgIpc) is 2.18. The fourth-order valence-electron chi connectivity index (χ4n) is 0.552. The number of carboxylic acids is 2. The molecule has 0 unspecified atom stereocenters. The number of hydrogen-bond donors (Lipinski definition) is 4. The van der Waals surface area contributed by atoms with Gasteiger partial charge >= 0.3 is 11.9 Å². The Morgan fingerprint density at radius 1 is 0.857 bits per heavy atom. The lowest BCUT2D eigenvalue weighted by Crippen LogP contribution is -1.97. The number of nitrogens with two attached hydrogens (primary N) is 2. The van der Waals surface area contributed by atoms with Crippen LogP contribution >= 0.6 is 0 Å². The fraction of sp³-hybridized carbons (Fsp3) is 0.750. The van der Waals surface area contributed by atoms with Gasteiger partial charge in [0.2, 0.25) is 0 Å². The average molecular weight is 208 g/mol. The summed E-state index contributed by atoms with van der Waals surface area (Å²) >= 11 is 0. The third kappa shape index (κ3) is 30.7. The van der Waals surface area contributed by atoms with E-state index < -0.39 is 11.9 Å². The molecule has 0 aliphatic rings. The molecule has 0 aliphatic heterocycles. The van der Waals surface area contributed by atoms with Crippen molar-refractivity contribution < 1.29 is 19.8 Å². The van der Waals surface area contributed by atoms with Gasteiger partial charge in [0, 0.05) is 12.8 Å². The number of hydrogen-bond acceptors (Lipinski definition) is 4. The van der Waals surface area contributed by atoms with Crippen LogP contribution in [0.3, 0.4) is 0 Å². The van der Waals surface area contributed by atoms with Crippen molar-refractivity contribution in [3.63, 3.8) is 0 Å². The molecule has 14 heavy (non-hydrogen) atoms. The molecule has 0 saturated carbocycles. The quantitative estimate of drug-likeness (QED) is 0.466. The van der Waals surface area contributed by atoms with E-state index in [4.69, 9.17) is 10.2 Å². The van der Waals surface area contributed by atoms with E-state index in [-0.39, 0.29) is 12.8 Å². The predicted molar refractivity (Wildman–Crippen MR) is 54.0 cm³/mol. The number of carbonyl (C=O) groups is 2. The van der Waals surface area contributed by atoms with E-state index in [0.29, 0.717) is 12.8 Å². The maximum Gasteiger partial charge on any atom is 0.303 e. The van der Waals surface area contributed by atoms with Gasteiger partial charge < -0.3 is 21.7 Å². The molecule has 0 spiro atoms. The summed E-state index contributed by atoms with van der Waals surface area (Å²) in [5, 5.41) is 16.3. The number of aliphatic carboxylic acids is 2. The summed E-state index contributed by atoms with van der Waals surface area (Å²) in [5.41, 5.74) is 9.00. The molecule has 86 valence electrons. The summed E-state index contributed by atoms with van der Waals surface area (Å²) in [5.74, 6) is -1.74. The fourth-order valence-corrected chi connectivity index (χ4v) is 0.552. The van der Waals surface area contributed by atoms with Crippen LogP contribution in [0.2, 0.25) is 0 Å². The lowest BCUT2D eigenvalue weighted by Gasteiger charge is -1.92. The molecule has 0 atom stereocenters. The first-order valence-electron chi connectivity index (χ1n) is 4.22. The summed E-state index contributed by atoms with van der Waals surface area (Å²) in [6.07, 6.45) is 1.02. The van der Waals surface area contributed by atoms with E-state index >= 15 is 0 Å². The number of carboxylic acid groups (broad SMARTS) is 2. The van der Waals surface area contributed by atoms with Crippen LogP contribution in [0.25, 0.3) is 0 Å². The molecule has 0 amide bonds. The highest BCUT2D eigenvalue weighted by molar-refractivity contribution is 5.67. The minimum Gasteiger partial charge on any atom is -0.481 e. The van der Waals surface area contributed by atoms with Crippen molar-refractivity contribution in [3.8, 4) is 0 Å². The second kappa shape index (κ2) is 17.8. The Bertz CT molecular complexity index is 123. The molecule has 0 aromatic rings. The van der Waals surface area contributed by atoms with Gasteiger partial charge in [-0.1, -0.05) is 0 Å². The van der Waals surface area contributed by atoms with Gasteiger partial charge in [-0.15, -0.1) is 0 Å². The highest BCUT2D eigenvalue weighted by Crippen LogP contribution is 1.98. The zero-order chi connectivity index (χ0) is 12.0. The van der Waals surface area contributed by atoms with Crippen molar-refractivity contribution in [2.45, 2.75) is 25.7 Å². The van der Waals surface area contributed by atoms with Crippen LogP contribution in [0.4, 0.5) is 0 Å². The van der Waals surface area contributed by atoms with E-state index in [0.717, 1.165) is 0 Å². The number of unbranched alkanes of at least 4 members (excludes halogenated alkanes) is 1. The van der Waals surface area contributed by atoms with Gasteiger partial charge in [0.15, 0.2) is 0 Å². The van der Waals surface area contributed by atoms with Gasteiger partial charge in [0.05, 0.1) is 0 Å². The van der Waals surface area contributed by atoms with Crippen molar-refractivity contribution in [2.75, 3.05) is 14.1 Å². The molecule has 0 bridgehead atoms. The molecule has 6 N–H and O–H groups in total. The summed E-state index contributed by atoms with van der Waals surface area (Å²) in [6, 6.07) is 0. The topological polar surface area (TPSA) is 127 Å². The maximum absolute atomic E-state index is 9.90. The molecule has 0 aromatic carbocycles. The van der Waals surface area contributed by atoms with Crippen molar-refractivity contribution >= 4 is 11.9 Å². The first-order chi connectivity index (χ1) is 6.63. The van der Waals surface area contributed by atoms with Crippen molar-refractivity contribution in [2.24, 2.45) is 11.5 Å². The monoisotopic (exact) mass is 208 g/mol. The van der Waals surface area contributed by atoms with Crippen LogP contribution in [0.1, 0.15) is 25.7 Å². The van der Waals surface area contributed by atoms with Crippen LogP contribution in [0.15, 0.2) is 0 Å². The van der Waals surface area contributed by atoms with Crippen LogP contribution in [-0.2, 0) is 9.59 Å². The summed E-state index contributed by atoms with van der Waals surface area (Å²) in [6.45, 7) is 0. The van der Waals surface area contributed by atoms with Crippen LogP contribution in [0.5, 0.6) is 0 Å². The molecule has 0 saturated heterocycles. The lowest BCUT2D eigenvalue weighted by molar-refractivity contribution is -0.139. The molecule has 0 aromatic heterocycles. The Kier molecular flexibility index (Phi) is 23.7. The van der Waals surface area contributed by atoms with E-state index in [1.807, 2.05) is 0 Å². The molecule has 0 heterocycles. The smallest absolute Gasteiger partial charge is 0.303 e. The van der Waals surface area contributed by atoms with Gasteiger partial charge in [0.1, 0.15) is 0 Å². The predicted octanol–water partition coefficient (Wildman–Crippen LogP) is -0.134. The third-order valence-electron chi connectivity index (χ3n) is 1.03. The molecule has 0 fully saturated rings. The van der Waals surface area contributed by atoms with Crippen LogP contribution in [0, 0.1) is 0 Å². The zero-order valence-electron chi connectivity index (χ0n) is 8.69. The maximum atomic E-state index is 9.90. The summed E-state index contributed by atoms with van der Waals surface area (Å²) < 4.78 is 0. The van der Waals surface area contributed by atoms with Crippen LogP contribution < -0.4 is 11.5 Å². The standard InChI is InChI=1S/C6H10O4.2CH5N/c7-5(8)3-1-2-4-6(9)10;2*1-2/h1-4H2,(H,7,8)(H,9,10);2*2H2,1H3. The van der Waals surface area contributed by atoms with E-state index in [9.17, 15) is 9.59 Å². The van der Waals surface area contributed by atoms with Crippen molar-refractivity contribution in [3.05, 3.63) is 0 Å². The first kappa shape index (κ1) is 18.6. The van der Waals surface area contributed by atoms with E-state index in [1.165, 1.54) is 14.1 Å². The Hall–Kier alpha value is -1.14. The van der Waals surface area contributed by atoms with Crippen molar-refractivity contribution in [1.29, 1.82) is 0 Å². The molecule has 6 nitrogen and oxygen atoms in total. The number of rotatable bonds is 5. The second-order valence-corrected chi connectivity index (χ2v) is 1.99. The highest BCUT2D eigenvalue weighted by atomic mass is 16.4. The normalized spacial score (nSPS) is 7.43. The van der Waals surface area contributed by atoms with Gasteiger partial charge in [0.25, 0.3) is 0 Å². The highest BCUT2D eigenvalue weighted by Gasteiger charge is 1.99. The zero-order valence-corrected chi connectivity index (χ0v) is 8.69. The van der Waals surface area contributed by atoms with Gasteiger partial charge in [-0.3, -0.25) is 9.59 Å². The molecular weight excluding hydrogens is 188 g/mol. The van der Waals surface area contributed by atoms with Gasteiger partial charge in [-0.2, -0.15) is 0 Å². The lowest BCUT2D eigenvalue weighted by atomic mass is 10.2. The summed E-state index contributed by atoms with van der Waals surface area (Å²) in [7, 11) is 3.00. The molecule has 0 radical (unpaired) electrons. The van der Waals surface area contributed by atoms with E-state index in [2.05, 4.69) is 11.5 Å². The first-order valence-corrected chi connectivity index (χ1v) is 4.22. The van der Waals surface area contributed by atoms with Crippen molar-refractivity contribution in [1.82, 2.24) is 0 Å². The molecule has 0 rings (SSSR count). The Morgan fingerprint density at radius 2 is 1.07 bits per heavy atom. The van der Waals surface area contributed by atoms with Gasteiger partial charge in [-0.05, 0) is 26.9 Å².